The normalized spacial score (nSPS) is 20.8. The summed E-state index contributed by atoms with van der Waals surface area (Å²) in [5, 5.41) is 5.61. The molecular formula is C14H16FN5O3. The van der Waals surface area contributed by atoms with Crippen LogP contribution in [-0.4, -0.2) is 38.8 Å². The van der Waals surface area contributed by atoms with Crippen LogP contribution in [0.4, 0.5) is 10.1 Å². The maximum absolute atomic E-state index is 13.1. The van der Waals surface area contributed by atoms with Crippen LogP contribution in [0.1, 0.15) is 6.42 Å². The van der Waals surface area contributed by atoms with E-state index in [-0.39, 0.29) is 29.9 Å². The van der Waals surface area contributed by atoms with Gasteiger partial charge in [-0.25, -0.2) is 14.2 Å². The molecule has 23 heavy (non-hydrogen) atoms. The summed E-state index contributed by atoms with van der Waals surface area (Å²) in [7, 11) is 2.89. The zero-order valence-corrected chi connectivity index (χ0v) is 12.7. The first kappa shape index (κ1) is 15.3. The number of nitrogens with zero attached hydrogens (tertiary/aromatic N) is 3. The molecule has 1 saturated heterocycles. The van der Waals surface area contributed by atoms with E-state index in [4.69, 9.17) is 0 Å². The Labute approximate surface area is 129 Å². The molecule has 3 heterocycles. The number of nitrogens with one attached hydrogen (secondary N) is 2. The van der Waals surface area contributed by atoms with E-state index in [1.807, 2.05) is 0 Å². The minimum atomic E-state index is -1.04. The third-order valence-corrected chi connectivity index (χ3v) is 3.95. The van der Waals surface area contributed by atoms with Gasteiger partial charge in [-0.15, -0.1) is 0 Å². The Morgan fingerprint density at radius 2 is 2.13 bits per heavy atom. The van der Waals surface area contributed by atoms with Crippen molar-refractivity contribution in [1.29, 1.82) is 0 Å². The van der Waals surface area contributed by atoms with Crippen LogP contribution in [0.25, 0.3) is 11.0 Å². The van der Waals surface area contributed by atoms with Crippen LogP contribution in [0.5, 0.6) is 0 Å². The Bertz CT molecular complexity index is 904. The Morgan fingerprint density at radius 3 is 2.78 bits per heavy atom. The summed E-state index contributed by atoms with van der Waals surface area (Å²) in [6.07, 6.45) is 0.437. The van der Waals surface area contributed by atoms with Crippen LogP contribution in [-0.2, 0) is 18.9 Å². The van der Waals surface area contributed by atoms with Crippen molar-refractivity contribution in [3.63, 3.8) is 0 Å². The molecule has 1 aliphatic heterocycles. The van der Waals surface area contributed by atoms with Gasteiger partial charge in [-0.1, -0.05) is 0 Å². The molecule has 9 heteroatoms. The Hall–Kier alpha value is -2.55. The second kappa shape index (κ2) is 5.58. The summed E-state index contributed by atoms with van der Waals surface area (Å²) >= 11 is 0. The lowest BCUT2D eigenvalue weighted by atomic mass is 10.2. The predicted molar refractivity (Wildman–Crippen MR) is 82.2 cm³/mol. The third-order valence-electron chi connectivity index (χ3n) is 3.95. The minimum Gasteiger partial charge on any atom is -0.323 e. The van der Waals surface area contributed by atoms with Gasteiger partial charge in [0.25, 0.3) is 5.56 Å². The zero-order valence-electron chi connectivity index (χ0n) is 12.7. The summed E-state index contributed by atoms with van der Waals surface area (Å²) in [6.45, 7) is 0.150. The lowest BCUT2D eigenvalue weighted by molar-refractivity contribution is -0.117. The van der Waals surface area contributed by atoms with Gasteiger partial charge < -0.3 is 10.6 Å². The van der Waals surface area contributed by atoms with E-state index in [0.717, 1.165) is 4.57 Å². The number of carbonyl (C=O) groups is 1. The number of carbonyl (C=O) groups excluding carboxylic acids is 1. The summed E-state index contributed by atoms with van der Waals surface area (Å²) in [5.41, 5.74) is -0.410. The highest BCUT2D eigenvalue weighted by atomic mass is 19.1. The average molecular weight is 321 g/mol. The molecule has 8 nitrogen and oxygen atoms in total. The molecule has 2 atom stereocenters. The van der Waals surface area contributed by atoms with Gasteiger partial charge in [-0.3, -0.25) is 18.7 Å². The molecule has 2 aromatic heterocycles. The molecule has 0 spiro atoms. The molecule has 0 radical (unpaired) electrons. The highest BCUT2D eigenvalue weighted by Gasteiger charge is 2.29. The van der Waals surface area contributed by atoms with Gasteiger partial charge in [-0.2, -0.15) is 0 Å². The number of amides is 1. The molecule has 3 rings (SSSR count). The van der Waals surface area contributed by atoms with Crippen LogP contribution in [0, 0.1) is 0 Å². The summed E-state index contributed by atoms with van der Waals surface area (Å²) in [4.78, 5) is 40.2. The fraction of sp³-hybridized carbons (Fsp3) is 0.429. The quantitative estimate of drug-likeness (QED) is 0.760. The van der Waals surface area contributed by atoms with Gasteiger partial charge in [0.05, 0.1) is 23.3 Å². The lowest BCUT2D eigenvalue weighted by Crippen LogP contribution is -2.37. The molecule has 2 N–H and O–H groups in total. The lowest BCUT2D eigenvalue weighted by Gasteiger charge is -2.12. The van der Waals surface area contributed by atoms with Crippen LogP contribution < -0.4 is 21.9 Å². The number of halogens is 1. The maximum Gasteiger partial charge on any atom is 0.332 e. The molecule has 0 unspecified atom stereocenters. The molecule has 0 aromatic carbocycles. The van der Waals surface area contributed by atoms with Gasteiger partial charge in [0, 0.05) is 27.1 Å². The molecule has 1 fully saturated rings. The first-order valence-electron chi connectivity index (χ1n) is 7.12. The molecular weight excluding hydrogens is 305 g/mol. The van der Waals surface area contributed by atoms with E-state index in [1.54, 1.807) is 0 Å². The molecule has 0 saturated carbocycles. The maximum atomic E-state index is 13.1. The van der Waals surface area contributed by atoms with Crippen molar-refractivity contribution in [2.45, 2.75) is 18.6 Å². The van der Waals surface area contributed by atoms with E-state index in [0.29, 0.717) is 5.69 Å². The van der Waals surface area contributed by atoms with Crippen molar-refractivity contribution in [3.05, 3.63) is 33.1 Å². The van der Waals surface area contributed by atoms with Gasteiger partial charge in [0.15, 0.2) is 0 Å². The fourth-order valence-corrected chi connectivity index (χ4v) is 2.66. The van der Waals surface area contributed by atoms with Gasteiger partial charge in [0.1, 0.15) is 11.8 Å². The monoisotopic (exact) mass is 321 g/mol. The number of rotatable bonds is 2. The van der Waals surface area contributed by atoms with E-state index < -0.39 is 23.5 Å². The van der Waals surface area contributed by atoms with Crippen molar-refractivity contribution < 1.29 is 9.18 Å². The number of aryl methyl sites for hydroxylation is 1. The van der Waals surface area contributed by atoms with Crippen molar-refractivity contribution in [2.24, 2.45) is 14.1 Å². The van der Waals surface area contributed by atoms with Crippen molar-refractivity contribution in [1.82, 2.24) is 19.4 Å². The van der Waals surface area contributed by atoms with Gasteiger partial charge in [0.2, 0.25) is 5.91 Å². The van der Waals surface area contributed by atoms with Gasteiger partial charge in [-0.05, 0) is 6.07 Å². The van der Waals surface area contributed by atoms with Crippen LogP contribution in [0.2, 0.25) is 0 Å². The molecule has 1 aliphatic rings. The number of aromatic nitrogens is 3. The number of pyridine rings is 1. The number of hydrogen-bond donors (Lipinski definition) is 2. The highest BCUT2D eigenvalue weighted by molar-refractivity contribution is 5.96. The topological polar surface area (TPSA) is 98.0 Å². The summed E-state index contributed by atoms with van der Waals surface area (Å²) in [5.74, 6) is -0.382. The van der Waals surface area contributed by atoms with Crippen LogP contribution in [0.15, 0.2) is 21.9 Å². The summed E-state index contributed by atoms with van der Waals surface area (Å²) in [6, 6.07) is 0.854. The van der Waals surface area contributed by atoms with E-state index in [1.165, 1.54) is 30.9 Å². The van der Waals surface area contributed by atoms with Gasteiger partial charge >= 0.3 is 5.69 Å². The van der Waals surface area contributed by atoms with E-state index in [9.17, 15) is 18.8 Å². The second-order valence-corrected chi connectivity index (χ2v) is 5.58. The Morgan fingerprint density at radius 1 is 1.39 bits per heavy atom. The summed E-state index contributed by atoms with van der Waals surface area (Å²) < 4.78 is 15.4. The molecule has 122 valence electrons. The predicted octanol–water partition coefficient (Wildman–Crippen LogP) is -0.729. The van der Waals surface area contributed by atoms with Crippen molar-refractivity contribution in [3.8, 4) is 0 Å². The standard InChI is InChI=1S/C14H16FN5O3/c1-19-11-9(13(22)20(2)14(19)23)4-8(6-17-11)18-12(21)10-3-7(15)5-16-10/h4,6-7,10,16H,3,5H2,1-2H3,(H,18,21)/t7-,10+/m0/s1. The van der Waals surface area contributed by atoms with Crippen molar-refractivity contribution in [2.75, 3.05) is 11.9 Å². The largest absolute Gasteiger partial charge is 0.332 e. The SMILES string of the molecule is Cn1c(=O)c2cc(NC(=O)[C@H]3C[C@H](F)CN3)cnc2n(C)c1=O. The third kappa shape index (κ3) is 2.63. The Balaban J connectivity index is 1.96. The van der Waals surface area contributed by atoms with Crippen molar-refractivity contribution >= 4 is 22.6 Å². The second-order valence-electron chi connectivity index (χ2n) is 5.58. The first-order valence-corrected chi connectivity index (χ1v) is 7.12. The van der Waals surface area contributed by atoms with Crippen LogP contribution >= 0.6 is 0 Å². The minimum absolute atomic E-state index is 0.114. The highest BCUT2D eigenvalue weighted by Crippen LogP contribution is 2.15. The van der Waals surface area contributed by atoms with E-state index in [2.05, 4.69) is 15.6 Å². The number of anilines is 1. The fourth-order valence-electron chi connectivity index (χ4n) is 2.66. The Kier molecular flexibility index (Phi) is 3.72. The first-order chi connectivity index (χ1) is 10.9. The molecule has 1 amide bonds. The molecule has 0 aliphatic carbocycles. The molecule has 0 bridgehead atoms. The van der Waals surface area contributed by atoms with Crippen LogP contribution in [0.3, 0.4) is 0 Å². The number of alkyl halides is 1. The zero-order chi connectivity index (χ0) is 16.7. The average Bonchev–Trinajstić information content (AvgIpc) is 2.97. The molecule has 2 aromatic rings. The number of fused-ring (bicyclic) bond motifs is 1. The number of hydrogen-bond acceptors (Lipinski definition) is 5. The smallest absolute Gasteiger partial charge is 0.323 e. The van der Waals surface area contributed by atoms with E-state index >= 15 is 0 Å².